The monoisotopic (exact) mass is 334 g/mol. The fourth-order valence-corrected chi connectivity index (χ4v) is 2.32. The summed E-state index contributed by atoms with van der Waals surface area (Å²) >= 11 is 0. The van der Waals surface area contributed by atoms with Crippen molar-refractivity contribution in [3.05, 3.63) is 0 Å². The number of hydrogen-bond donors (Lipinski definition) is 0. The van der Waals surface area contributed by atoms with E-state index in [-0.39, 0.29) is 17.4 Å². The molecule has 0 saturated carbocycles. The van der Waals surface area contributed by atoms with Gasteiger partial charge in [-0.3, -0.25) is 0 Å². The normalized spacial score (nSPS) is 12.3. The van der Waals surface area contributed by atoms with Crippen LogP contribution >= 0.6 is 0 Å². The van der Waals surface area contributed by atoms with Crippen molar-refractivity contribution in [3.8, 4) is 0 Å². The summed E-state index contributed by atoms with van der Waals surface area (Å²) in [7, 11) is -1.85. The summed E-state index contributed by atoms with van der Waals surface area (Å²) < 4.78 is 28.4. The maximum atomic E-state index is 5.83. The minimum Gasteiger partial charge on any atom is -0.371 e. The third-order valence-electron chi connectivity index (χ3n) is 2.15. The molecule has 7 heteroatoms. The Hall–Kier alpha value is 0.549. The highest BCUT2D eigenvalue weighted by Gasteiger charge is 2.35. The van der Waals surface area contributed by atoms with E-state index in [0.29, 0.717) is 38.3 Å². The highest BCUT2D eigenvalue weighted by atomic mass is 28.3. The molecule has 4 radical (unpaired) electrons. The van der Waals surface area contributed by atoms with Gasteiger partial charge in [0.1, 0.15) is 0 Å². The largest absolute Gasteiger partial charge is 0.581 e. The van der Waals surface area contributed by atoms with Crippen molar-refractivity contribution in [1.29, 1.82) is 0 Å². The highest BCUT2D eigenvalue weighted by Crippen LogP contribution is 2.19. The molecule has 0 aliphatic heterocycles. The molecule has 0 heterocycles. The van der Waals surface area contributed by atoms with Crippen molar-refractivity contribution in [2.45, 2.75) is 54.4 Å². The maximum absolute atomic E-state index is 5.83. The number of hydrogen-bond acceptors (Lipinski definition) is 5. The molecule has 0 N–H and O–H groups in total. The fourth-order valence-electron chi connectivity index (χ4n) is 1.22. The van der Waals surface area contributed by atoms with Gasteiger partial charge in [-0.1, -0.05) is 27.7 Å². The summed E-state index contributed by atoms with van der Waals surface area (Å²) in [6.45, 7) is 16.1. The van der Waals surface area contributed by atoms with Crippen molar-refractivity contribution < 1.29 is 22.8 Å². The van der Waals surface area contributed by atoms with Gasteiger partial charge < -0.3 is 22.8 Å². The Bertz CT molecular complexity index is 223. The summed E-state index contributed by atoms with van der Waals surface area (Å²) in [5, 5.41) is 0. The summed E-state index contributed by atoms with van der Waals surface area (Å²) in [6.07, 6.45) is 0. The third kappa shape index (κ3) is 12.7. The van der Waals surface area contributed by atoms with E-state index in [4.69, 9.17) is 22.8 Å². The topological polar surface area (TPSA) is 46.2 Å². The fraction of sp³-hybridized carbons (Fsp3) is 1.00. The Morgan fingerprint density at radius 2 is 1.24 bits per heavy atom. The van der Waals surface area contributed by atoms with E-state index in [1.165, 1.54) is 0 Å². The van der Waals surface area contributed by atoms with Crippen LogP contribution in [-0.4, -0.2) is 59.3 Å². The van der Waals surface area contributed by atoms with Crippen LogP contribution < -0.4 is 0 Å². The average Bonchev–Trinajstić information content (AvgIpc) is 2.35. The van der Waals surface area contributed by atoms with Crippen LogP contribution in [0.2, 0.25) is 0 Å². The molecule has 0 aliphatic rings. The predicted molar refractivity (Wildman–Crippen MR) is 85.8 cm³/mol. The smallest absolute Gasteiger partial charge is 0.371 e. The van der Waals surface area contributed by atoms with Crippen molar-refractivity contribution >= 4 is 26.9 Å². The Kier molecular flexibility index (Phi) is 14.8. The first-order chi connectivity index (χ1) is 9.33. The summed E-state index contributed by atoms with van der Waals surface area (Å²) in [5.41, 5.74) is 0. The molecule has 21 heavy (non-hydrogen) atoms. The highest BCUT2D eigenvalue weighted by molar-refractivity contribution is 6.36. The standard InChI is InChI=1S/C14H31O5Si.Al/c1-8-17-20(18-9-2)19-14(7,15-10-12(3)4)16-11-13(5)6;/h12-13H,8-11H2,1-7H3;. The van der Waals surface area contributed by atoms with Gasteiger partial charge in [0.15, 0.2) is 0 Å². The number of ether oxygens (including phenoxy) is 2. The van der Waals surface area contributed by atoms with E-state index < -0.39 is 15.5 Å². The van der Waals surface area contributed by atoms with Crippen LogP contribution in [0.25, 0.3) is 0 Å². The van der Waals surface area contributed by atoms with Crippen LogP contribution in [0.15, 0.2) is 0 Å². The molecule has 0 atom stereocenters. The molecule has 0 unspecified atom stereocenters. The molecule has 0 spiro atoms. The molecule has 0 fully saturated rings. The van der Waals surface area contributed by atoms with Gasteiger partial charge in [-0.05, 0) is 25.7 Å². The Labute approximate surface area is 142 Å². The lowest BCUT2D eigenvalue weighted by atomic mass is 10.2. The van der Waals surface area contributed by atoms with Crippen molar-refractivity contribution in [2.24, 2.45) is 11.8 Å². The van der Waals surface area contributed by atoms with Gasteiger partial charge in [0.2, 0.25) is 0 Å². The second kappa shape index (κ2) is 13.0. The molecular weight excluding hydrogens is 303 g/mol. The average molecular weight is 334 g/mol. The maximum Gasteiger partial charge on any atom is 0.581 e. The van der Waals surface area contributed by atoms with Gasteiger partial charge in [0, 0.05) is 37.5 Å². The quantitative estimate of drug-likeness (QED) is 0.406. The SMILES string of the molecule is CCO[Si](OCC)OC(C)(OCC(C)C)OCC(C)C.[Al]. The first-order valence-corrected chi connectivity index (χ1v) is 8.64. The zero-order valence-electron chi connectivity index (χ0n) is 14.6. The van der Waals surface area contributed by atoms with Crippen LogP contribution in [0.4, 0.5) is 0 Å². The van der Waals surface area contributed by atoms with E-state index in [1.807, 2.05) is 13.8 Å². The molecule has 0 bridgehead atoms. The van der Waals surface area contributed by atoms with Crippen LogP contribution in [0.3, 0.4) is 0 Å². The minimum absolute atomic E-state index is 0. The molecule has 0 saturated heterocycles. The molecule has 0 aromatic carbocycles. The summed E-state index contributed by atoms with van der Waals surface area (Å²) in [6, 6.07) is 0. The van der Waals surface area contributed by atoms with E-state index in [0.717, 1.165) is 0 Å². The van der Waals surface area contributed by atoms with Crippen LogP contribution in [0.5, 0.6) is 0 Å². The van der Waals surface area contributed by atoms with Gasteiger partial charge in [-0.15, -0.1) is 0 Å². The van der Waals surface area contributed by atoms with E-state index in [1.54, 1.807) is 6.92 Å². The summed E-state index contributed by atoms with van der Waals surface area (Å²) in [5.74, 6) is -0.321. The molecule has 0 rings (SSSR count). The van der Waals surface area contributed by atoms with E-state index in [9.17, 15) is 0 Å². The van der Waals surface area contributed by atoms with E-state index in [2.05, 4.69) is 27.7 Å². The van der Waals surface area contributed by atoms with Crippen molar-refractivity contribution in [3.63, 3.8) is 0 Å². The predicted octanol–water partition coefficient (Wildman–Crippen LogP) is 2.70. The summed E-state index contributed by atoms with van der Waals surface area (Å²) in [4.78, 5) is 0. The molecule has 0 aromatic heterocycles. The van der Waals surface area contributed by atoms with Crippen molar-refractivity contribution in [1.82, 2.24) is 0 Å². The molecule has 0 amide bonds. The molecular formula is C14H31AlO5Si. The lowest BCUT2D eigenvalue weighted by Gasteiger charge is -2.32. The molecule has 0 aliphatic carbocycles. The Balaban J connectivity index is 0. The first kappa shape index (κ1) is 23.8. The molecule has 0 aromatic rings. The van der Waals surface area contributed by atoms with Gasteiger partial charge in [0.25, 0.3) is 5.97 Å². The Morgan fingerprint density at radius 1 is 0.857 bits per heavy atom. The Morgan fingerprint density at radius 3 is 1.52 bits per heavy atom. The minimum atomic E-state index is -1.85. The zero-order chi connectivity index (χ0) is 15.6. The van der Waals surface area contributed by atoms with Gasteiger partial charge in [-0.2, -0.15) is 0 Å². The first-order valence-electron chi connectivity index (χ1n) is 7.42. The van der Waals surface area contributed by atoms with Gasteiger partial charge in [0.05, 0.1) is 13.2 Å². The second-order valence-corrected chi connectivity index (χ2v) is 6.77. The second-order valence-electron chi connectivity index (χ2n) is 5.49. The van der Waals surface area contributed by atoms with Gasteiger partial charge in [-0.25, -0.2) is 0 Å². The lowest BCUT2D eigenvalue weighted by Crippen LogP contribution is -2.45. The third-order valence-corrected chi connectivity index (χ3v) is 3.74. The van der Waals surface area contributed by atoms with E-state index >= 15 is 0 Å². The van der Waals surface area contributed by atoms with Crippen LogP contribution in [-0.2, 0) is 22.8 Å². The van der Waals surface area contributed by atoms with Crippen LogP contribution in [0, 0.1) is 11.8 Å². The van der Waals surface area contributed by atoms with Crippen LogP contribution in [0.1, 0.15) is 48.5 Å². The zero-order valence-corrected chi connectivity index (χ0v) is 16.8. The van der Waals surface area contributed by atoms with Crippen molar-refractivity contribution in [2.75, 3.05) is 26.4 Å². The number of rotatable bonds is 12. The molecule has 5 nitrogen and oxygen atoms in total. The lowest BCUT2D eigenvalue weighted by molar-refractivity contribution is -0.349. The van der Waals surface area contributed by atoms with Gasteiger partial charge >= 0.3 is 9.53 Å². The molecule has 124 valence electrons.